The number of nitrogens with one attached hydrogen (secondary N) is 2. The lowest BCUT2D eigenvalue weighted by molar-refractivity contribution is -0.153. The molecule has 0 bridgehead atoms. The van der Waals surface area contributed by atoms with Crippen LogP contribution in [0.25, 0.3) is 0 Å². The Bertz CT molecular complexity index is 539. The lowest BCUT2D eigenvalue weighted by atomic mass is 10.0. The first-order chi connectivity index (χ1) is 9.95. The van der Waals surface area contributed by atoms with E-state index in [1.165, 1.54) is 0 Å². The Labute approximate surface area is 128 Å². The minimum absolute atomic E-state index is 0.0677. The van der Waals surface area contributed by atoms with Gasteiger partial charge in [-0.15, -0.1) is 0 Å². The quantitative estimate of drug-likeness (QED) is 0.801. The number of fused-ring (bicyclic) bond motifs is 1. The van der Waals surface area contributed by atoms with E-state index in [4.69, 9.17) is 9.47 Å². The summed E-state index contributed by atoms with van der Waals surface area (Å²) >= 11 is 3.40. The number of hydrogen-bond donors (Lipinski definition) is 2. The summed E-state index contributed by atoms with van der Waals surface area (Å²) in [6.45, 7) is 1.10. The fourth-order valence-corrected chi connectivity index (χ4v) is 3.04. The maximum absolute atomic E-state index is 12.7. The van der Waals surface area contributed by atoms with Crippen LogP contribution < -0.4 is 20.3 Å². The van der Waals surface area contributed by atoms with Gasteiger partial charge in [0.15, 0.2) is 11.5 Å². The van der Waals surface area contributed by atoms with E-state index in [1.54, 1.807) is 12.1 Å². The Morgan fingerprint density at radius 1 is 1.10 bits per heavy atom. The molecule has 3 rings (SSSR count). The Morgan fingerprint density at radius 2 is 1.76 bits per heavy atom. The SMILES string of the molecule is FC(F)(F)C1CC(c2cc3c(cc2Br)OCCCO3)NN1. The lowest BCUT2D eigenvalue weighted by Gasteiger charge is -2.16. The maximum atomic E-state index is 12.7. The molecule has 0 radical (unpaired) electrons. The maximum Gasteiger partial charge on any atom is 0.405 e. The first kappa shape index (κ1) is 14.9. The van der Waals surface area contributed by atoms with Gasteiger partial charge in [-0.1, -0.05) is 15.9 Å². The zero-order valence-corrected chi connectivity index (χ0v) is 12.6. The zero-order chi connectivity index (χ0) is 15.0. The average molecular weight is 367 g/mol. The van der Waals surface area contributed by atoms with Crippen molar-refractivity contribution in [3.05, 3.63) is 22.2 Å². The summed E-state index contributed by atoms with van der Waals surface area (Å²) in [7, 11) is 0. The summed E-state index contributed by atoms with van der Waals surface area (Å²) in [4.78, 5) is 0. The topological polar surface area (TPSA) is 42.5 Å². The summed E-state index contributed by atoms with van der Waals surface area (Å²) in [5.41, 5.74) is 5.71. The van der Waals surface area contributed by atoms with Crippen molar-refractivity contribution in [2.24, 2.45) is 0 Å². The van der Waals surface area contributed by atoms with Gasteiger partial charge in [-0.3, -0.25) is 0 Å². The zero-order valence-electron chi connectivity index (χ0n) is 11.0. The molecular weight excluding hydrogens is 353 g/mol. The third-order valence-corrected chi connectivity index (χ3v) is 4.23. The Morgan fingerprint density at radius 3 is 2.38 bits per heavy atom. The fourth-order valence-electron chi connectivity index (χ4n) is 2.44. The average Bonchev–Trinajstić information content (AvgIpc) is 2.80. The van der Waals surface area contributed by atoms with E-state index in [9.17, 15) is 13.2 Å². The normalized spacial score (nSPS) is 25.7. The standard InChI is InChI=1S/C13H14BrF3N2O2/c14-8-5-11-10(20-2-1-3-21-11)4-7(8)9-6-12(19-18-9)13(15,16)17/h4-5,9,12,18-19H,1-3,6H2. The molecular formula is C13H14BrF3N2O2. The van der Waals surface area contributed by atoms with Gasteiger partial charge in [-0.05, 0) is 24.1 Å². The molecule has 2 unspecified atom stereocenters. The van der Waals surface area contributed by atoms with Crippen molar-refractivity contribution in [1.29, 1.82) is 0 Å². The second-order valence-corrected chi connectivity index (χ2v) is 5.90. The van der Waals surface area contributed by atoms with Crippen LogP contribution in [-0.2, 0) is 0 Å². The summed E-state index contributed by atoms with van der Waals surface area (Å²) in [5.74, 6) is 1.18. The van der Waals surface area contributed by atoms with Crippen LogP contribution in [0.5, 0.6) is 11.5 Å². The van der Waals surface area contributed by atoms with Crippen LogP contribution in [0.2, 0.25) is 0 Å². The highest BCUT2D eigenvalue weighted by Crippen LogP contribution is 2.40. The minimum atomic E-state index is -4.26. The van der Waals surface area contributed by atoms with E-state index in [-0.39, 0.29) is 6.42 Å². The molecule has 2 heterocycles. The molecule has 2 atom stereocenters. The number of ether oxygens (including phenoxy) is 2. The van der Waals surface area contributed by atoms with E-state index in [1.807, 2.05) is 0 Å². The van der Waals surface area contributed by atoms with Crippen LogP contribution in [0.1, 0.15) is 24.4 Å². The van der Waals surface area contributed by atoms with Crippen LogP contribution in [0.4, 0.5) is 13.2 Å². The van der Waals surface area contributed by atoms with Gasteiger partial charge in [-0.2, -0.15) is 13.2 Å². The number of halogens is 4. The summed E-state index contributed by atoms with van der Waals surface area (Å²) in [5, 5.41) is 0. The van der Waals surface area contributed by atoms with E-state index in [2.05, 4.69) is 26.8 Å². The van der Waals surface area contributed by atoms with Gasteiger partial charge in [0, 0.05) is 16.9 Å². The highest BCUT2D eigenvalue weighted by molar-refractivity contribution is 9.10. The van der Waals surface area contributed by atoms with Gasteiger partial charge >= 0.3 is 6.18 Å². The Balaban J connectivity index is 1.85. The van der Waals surface area contributed by atoms with Gasteiger partial charge in [0.2, 0.25) is 0 Å². The van der Waals surface area contributed by atoms with Gasteiger partial charge in [0.25, 0.3) is 0 Å². The predicted molar refractivity (Wildman–Crippen MR) is 73.2 cm³/mol. The van der Waals surface area contributed by atoms with E-state index >= 15 is 0 Å². The predicted octanol–water partition coefficient (Wildman–Crippen LogP) is 3.08. The van der Waals surface area contributed by atoms with Crippen LogP contribution in [0.3, 0.4) is 0 Å². The molecule has 2 aliphatic heterocycles. The third kappa shape index (κ3) is 3.12. The van der Waals surface area contributed by atoms with Crippen LogP contribution in [0, 0.1) is 0 Å². The first-order valence-corrected chi connectivity index (χ1v) is 7.41. The monoisotopic (exact) mass is 366 g/mol. The largest absolute Gasteiger partial charge is 0.490 e. The highest BCUT2D eigenvalue weighted by atomic mass is 79.9. The molecule has 1 saturated heterocycles. The third-order valence-electron chi connectivity index (χ3n) is 3.54. The van der Waals surface area contributed by atoms with Crippen molar-refractivity contribution < 1.29 is 22.6 Å². The molecule has 0 aliphatic carbocycles. The molecule has 21 heavy (non-hydrogen) atoms. The fraction of sp³-hybridized carbons (Fsp3) is 0.538. The number of hydrogen-bond acceptors (Lipinski definition) is 4. The molecule has 4 nitrogen and oxygen atoms in total. The summed E-state index contributed by atoms with van der Waals surface area (Å²) in [6.07, 6.45) is -3.55. The van der Waals surface area contributed by atoms with E-state index < -0.39 is 18.3 Å². The number of benzene rings is 1. The number of hydrazine groups is 1. The molecule has 116 valence electrons. The van der Waals surface area contributed by atoms with Gasteiger partial charge in [0.1, 0.15) is 6.04 Å². The second kappa shape index (κ2) is 5.66. The molecule has 1 aromatic rings. The Hall–Kier alpha value is -0.990. The molecule has 1 fully saturated rings. The molecule has 1 aromatic carbocycles. The van der Waals surface area contributed by atoms with Gasteiger partial charge < -0.3 is 9.47 Å². The molecule has 8 heteroatoms. The molecule has 0 saturated carbocycles. The summed E-state index contributed by atoms with van der Waals surface area (Å²) < 4.78 is 50.0. The number of rotatable bonds is 1. The molecule has 2 aliphatic rings. The van der Waals surface area contributed by atoms with Crippen molar-refractivity contribution >= 4 is 15.9 Å². The summed E-state index contributed by atoms with van der Waals surface area (Å²) in [6, 6.07) is 1.50. The highest BCUT2D eigenvalue weighted by Gasteiger charge is 2.45. The van der Waals surface area contributed by atoms with Crippen molar-refractivity contribution in [2.45, 2.75) is 31.1 Å². The van der Waals surface area contributed by atoms with Crippen molar-refractivity contribution in [3.63, 3.8) is 0 Å². The first-order valence-electron chi connectivity index (χ1n) is 6.62. The van der Waals surface area contributed by atoms with Crippen molar-refractivity contribution in [3.8, 4) is 11.5 Å². The molecule has 0 aromatic heterocycles. The van der Waals surface area contributed by atoms with E-state index in [0.29, 0.717) is 29.2 Å². The second-order valence-electron chi connectivity index (χ2n) is 5.04. The van der Waals surface area contributed by atoms with Crippen molar-refractivity contribution in [2.75, 3.05) is 13.2 Å². The van der Waals surface area contributed by atoms with Crippen LogP contribution >= 0.6 is 15.9 Å². The Kier molecular flexibility index (Phi) is 4.02. The minimum Gasteiger partial charge on any atom is -0.490 e. The van der Waals surface area contributed by atoms with Crippen LogP contribution in [0.15, 0.2) is 16.6 Å². The molecule has 2 N–H and O–H groups in total. The molecule has 0 amide bonds. The smallest absolute Gasteiger partial charge is 0.405 e. The lowest BCUT2D eigenvalue weighted by Crippen LogP contribution is -2.41. The molecule has 0 spiro atoms. The van der Waals surface area contributed by atoms with Crippen molar-refractivity contribution in [1.82, 2.24) is 10.9 Å². The number of alkyl halides is 3. The van der Waals surface area contributed by atoms with E-state index in [0.717, 1.165) is 12.0 Å². The van der Waals surface area contributed by atoms with Gasteiger partial charge in [-0.25, -0.2) is 10.9 Å². The van der Waals surface area contributed by atoms with Gasteiger partial charge in [0.05, 0.1) is 13.2 Å². The van der Waals surface area contributed by atoms with Crippen LogP contribution in [-0.4, -0.2) is 25.4 Å².